The minimum atomic E-state index is -0.119. The van der Waals surface area contributed by atoms with Crippen LogP contribution in [0.5, 0.6) is 0 Å². The number of carbonyl (C=O) groups is 1. The van der Waals surface area contributed by atoms with Crippen molar-refractivity contribution in [2.75, 3.05) is 5.32 Å². The Kier molecular flexibility index (Phi) is 5.17. The van der Waals surface area contributed by atoms with E-state index in [-0.39, 0.29) is 10.8 Å². The van der Waals surface area contributed by atoms with Gasteiger partial charge in [-0.15, -0.1) is 10.2 Å². The molecule has 6 nitrogen and oxygen atoms in total. The molecule has 1 amide bonds. The quantitative estimate of drug-likeness (QED) is 0.732. The first-order valence-corrected chi connectivity index (χ1v) is 9.17. The van der Waals surface area contributed by atoms with E-state index in [9.17, 15) is 9.59 Å². The number of benzene rings is 1. The monoisotopic (exact) mass is 360 g/mol. The Morgan fingerprint density at radius 2 is 2.04 bits per heavy atom. The molecule has 3 aromatic rings. The number of nitrogens with zero attached hydrogens (tertiary/aromatic N) is 3. The summed E-state index contributed by atoms with van der Waals surface area (Å²) in [7, 11) is 0. The van der Waals surface area contributed by atoms with E-state index >= 15 is 0 Å². The summed E-state index contributed by atoms with van der Waals surface area (Å²) in [5, 5.41) is 13.9. The minimum Gasteiger partial charge on any atom is -0.303 e. The van der Waals surface area contributed by atoms with Crippen LogP contribution in [-0.4, -0.2) is 20.7 Å². The number of thiazole rings is 1. The Balaban J connectivity index is 1.52. The van der Waals surface area contributed by atoms with E-state index in [1.165, 1.54) is 22.7 Å². The highest BCUT2D eigenvalue weighted by Gasteiger charge is 2.10. The second-order valence-electron chi connectivity index (χ2n) is 5.22. The Morgan fingerprint density at radius 3 is 2.75 bits per heavy atom. The van der Waals surface area contributed by atoms with E-state index in [1.807, 2.05) is 42.6 Å². The Bertz CT molecular complexity index is 883. The maximum absolute atomic E-state index is 12.0. The largest absolute Gasteiger partial charge is 0.307 e. The fraction of sp³-hybridized carbons (Fsp3) is 0.250. The van der Waals surface area contributed by atoms with Gasteiger partial charge in [-0.05, 0) is 13.3 Å². The van der Waals surface area contributed by atoms with Gasteiger partial charge in [-0.1, -0.05) is 53.0 Å². The molecule has 0 bridgehead atoms. The number of aromatic nitrogens is 3. The molecule has 0 unspecified atom stereocenters. The standard InChI is InChI=1S/C16H16N4O2S2/c1-11-10-23-16(22)20(11)9-5-8-13(21)17-15-19-18-14(24-15)12-6-3-2-4-7-12/h2-4,6-7,10H,5,8-9H2,1H3,(H,17,19,21). The fourth-order valence-electron chi connectivity index (χ4n) is 2.23. The summed E-state index contributed by atoms with van der Waals surface area (Å²) in [5.74, 6) is -0.119. The Hall–Kier alpha value is -2.32. The molecule has 24 heavy (non-hydrogen) atoms. The summed E-state index contributed by atoms with van der Waals surface area (Å²) >= 11 is 2.53. The molecule has 2 heterocycles. The van der Waals surface area contributed by atoms with E-state index in [0.717, 1.165) is 16.3 Å². The van der Waals surface area contributed by atoms with Gasteiger partial charge in [0.15, 0.2) is 0 Å². The number of carbonyl (C=O) groups excluding carboxylic acids is 1. The van der Waals surface area contributed by atoms with Crippen LogP contribution in [-0.2, 0) is 11.3 Å². The molecule has 0 atom stereocenters. The first-order chi connectivity index (χ1) is 11.6. The highest BCUT2D eigenvalue weighted by molar-refractivity contribution is 7.18. The van der Waals surface area contributed by atoms with Crippen LogP contribution in [0, 0.1) is 6.92 Å². The van der Waals surface area contributed by atoms with Gasteiger partial charge in [-0.25, -0.2) is 0 Å². The average molecular weight is 360 g/mol. The number of aryl methyl sites for hydroxylation is 1. The highest BCUT2D eigenvalue weighted by atomic mass is 32.1. The van der Waals surface area contributed by atoms with Crippen LogP contribution >= 0.6 is 22.7 Å². The maximum Gasteiger partial charge on any atom is 0.307 e. The molecule has 3 rings (SSSR count). The van der Waals surface area contributed by atoms with Crippen LogP contribution in [0.1, 0.15) is 18.5 Å². The smallest absolute Gasteiger partial charge is 0.303 e. The first kappa shape index (κ1) is 16.5. The van der Waals surface area contributed by atoms with E-state index in [0.29, 0.717) is 24.5 Å². The first-order valence-electron chi connectivity index (χ1n) is 7.47. The molecule has 2 aromatic heterocycles. The minimum absolute atomic E-state index is 0.0181. The Morgan fingerprint density at radius 1 is 1.25 bits per heavy atom. The number of hydrogen-bond donors (Lipinski definition) is 1. The van der Waals surface area contributed by atoms with Crippen molar-refractivity contribution >= 4 is 33.7 Å². The summed E-state index contributed by atoms with van der Waals surface area (Å²) in [6, 6.07) is 9.71. The second kappa shape index (κ2) is 7.50. The third-order valence-corrected chi connectivity index (χ3v) is 5.22. The van der Waals surface area contributed by atoms with Crippen molar-refractivity contribution in [1.29, 1.82) is 0 Å². The molecule has 0 fully saturated rings. The van der Waals surface area contributed by atoms with Crippen molar-refractivity contribution in [3.05, 3.63) is 51.1 Å². The molecule has 0 saturated heterocycles. The number of anilines is 1. The third kappa shape index (κ3) is 3.95. The molecule has 0 aliphatic carbocycles. The van der Waals surface area contributed by atoms with E-state index in [2.05, 4.69) is 15.5 Å². The molecule has 0 aliphatic rings. The van der Waals surface area contributed by atoms with Gasteiger partial charge in [0.05, 0.1) is 0 Å². The van der Waals surface area contributed by atoms with Gasteiger partial charge in [0.25, 0.3) is 0 Å². The molecule has 124 valence electrons. The van der Waals surface area contributed by atoms with Gasteiger partial charge in [0, 0.05) is 29.6 Å². The van der Waals surface area contributed by atoms with Gasteiger partial charge in [-0.2, -0.15) is 0 Å². The summed E-state index contributed by atoms with van der Waals surface area (Å²) in [6.45, 7) is 2.44. The molecule has 0 saturated carbocycles. The molecule has 0 radical (unpaired) electrons. The van der Waals surface area contributed by atoms with Crippen molar-refractivity contribution in [2.24, 2.45) is 0 Å². The van der Waals surface area contributed by atoms with Crippen LogP contribution < -0.4 is 10.2 Å². The lowest BCUT2D eigenvalue weighted by Crippen LogP contribution is -2.17. The topological polar surface area (TPSA) is 76.9 Å². The van der Waals surface area contributed by atoms with Gasteiger partial charge in [0.1, 0.15) is 5.01 Å². The summed E-state index contributed by atoms with van der Waals surface area (Å²) in [5.41, 5.74) is 1.91. The van der Waals surface area contributed by atoms with Crippen LogP contribution in [0.15, 0.2) is 40.5 Å². The molecular formula is C16H16N4O2S2. The predicted octanol–water partition coefficient (Wildman–Crippen LogP) is 3.16. The molecule has 1 N–H and O–H groups in total. The second-order valence-corrected chi connectivity index (χ2v) is 7.02. The van der Waals surface area contributed by atoms with Crippen LogP contribution in [0.4, 0.5) is 5.13 Å². The summed E-state index contributed by atoms with van der Waals surface area (Å²) in [6.07, 6.45) is 0.940. The van der Waals surface area contributed by atoms with Crippen molar-refractivity contribution in [3.8, 4) is 10.6 Å². The van der Waals surface area contributed by atoms with Crippen molar-refractivity contribution in [1.82, 2.24) is 14.8 Å². The Labute approximate surface area is 146 Å². The van der Waals surface area contributed by atoms with Crippen molar-refractivity contribution in [3.63, 3.8) is 0 Å². The van der Waals surface area contributed by atoms with Gasteiger partial charge < -0.3 is 9.88 Å². The number of nitrogens with one attached hydrogen (secondary N) is 1. The predicted molar refractivity (Wildman–Crippen MR) is 96.5 cm³/mol. The summed E-state index contributed by atoms with van der Waals surface area (Å²) in [4.78, 5) is 23.6. The van der Waals surface area contributed by atoms with Gasteiger partial charge in [-0.3, -0.25) is 9.59 Å². The van der Waals surface area contributed by atoms with E-state index < -0.39 is 0 Å². The van der Waals surface area contributed by atoms with Crippen LogP contribution in [0.25, 0.3) is 10.6 Å². The molecule has 1 aromatic carbocycles. The van der Waals surface area contributed by atoms with E-state index in [1.54, 1.807) is 4.57 Å². The lowest BCUT2D eigenvalue weighted by atomic mass is 10.2. The zero-order valence-corrected chi connectivity index (χ0v) is 14.7. The molecular weight excluding hydrogens is 344 g/mol. The lowest BCUT2D eigenvalue weighted by Gasteiger charge is -2.04. The zero-order chi connectivity index (χ0) is 16.9. The van der Waals surface area contributed by atoms with Crippen LogP contribution in [0.2, 0.25) is 0 Å². The third-order valence-electron chi connectivity index (χ3n) is 3.45. The number of amides is 1. The number of hydrogen-bond acceptors (Lipinski definition) is 6. The van der Waals surface area contributed by atoms with Gasteiger partial charge >= 0.3 is 4.87 Å². The lowest BCUT2D eigenvalue weighted by molar-refractivity contribution is -0.116. The normalized spacial score (nSPS) is 10.7. The average Bonchev–Trinajstić information content (AvgIpc) is 3.17. The molecule has 0 spiro atoms. The highest BCUT2D eigenvalue weighted by Crippen LogP contribution is 2.25. The van der Waals surface area contributed by atoms with Crippen molar-refractivity contribution < 1.29 is 4.79 Å². The van der Waals surface area contributed by atoms with Gasteiger partial charge in [0.2, 0.25) is 11.0 Å². The fourth-order valence-corrected chi connectivity index (χ4v) is 3.75. The maximum atomic E-state index is 12.0. The summed E-state index contributed by atoms with van der Waals surface area (Å²) < 4.78 is 1.69. The molecule has 8 heteroatoms. The zero-order valence-electron chi connectivity index (χ0n) is 13.1. The SMILES string of the molecule is Cc1csc(=O)n1CCCC(=O)Nc1nnc(-c2ccccc2)s1. The number of rotatable bonds is 6. The van der Waals surface area contributed by atoms with Crippen molar-refractivity contribution in [2.45, 2.75) is 26.3 Å². The van der Waals surface area contributed by atoms with E-state index in [4.69, 9.17) is 0 Å². The van der Waals surface area contributed by atoms with Crippen LogP contribution in [0.3, 0.4) is 0 Å². The molecule has 0 aliphatic heterocycles.